The topological polar surface area (TPSA) is 71.8 Å². The Morgan fingerprint density at radius 1 is 1.36 bits per heavy atom. The Balaban J connectivity index is 0.00000225. The van der Waals surface area contributed by atoms with Gasteiger partial charge < -0.3 is 5.32 Å². The molecule has 2 heterocycles. The van der Waals surface area contributed by atoms with E-state index in [-0.39, 0.29) is 29.5 Å². The summed E-state index contributed by atoms with van der Waals surface area (Å²) in [6.45, 7) is 1.84. The van der Waals surface area contributed by atoms with E-state index < -0.39 is 12.3 Å². The van der Waals surface area contributed by atoms with Gasteiger partial charge in [0, 0.05) is 24.1 Å². The minimum Gasteiger partial charge on any atom is -0.317 e. The highest BCUT2D eigenvalue weighted by Gasteiger charge is 2.21. The second kappa shape index (κ2) is 8.35. The zero-order chi connectivity index (χ0) is 17.1. The van der Waals surface area contributed by atoms with Crippen molar-refractivity contribution in [2.45, 2.75) is 25.2 Å². The minimum atomic E-state index is -2.61. The van der Waals surface area contributed by atoms with Gasteiger partial charge in [-0.15, -0.1) is 12.4 Å². The molecule has 25 heavy (non-hydrogen) atoms. The quantitative estimate of drug-likeness (QED) is 0.866. The van der Waals surface area contributed by atoms with Crippen LogP contribution in [0, 0.1) is 0 Å². The number of alkyl halides is 2. The third-order valence-corrected chi connectivity index (χ3v) is 4.11. The molecule has 2 aromatic rings. The van der Waals surface area contributed by atoms with E-state index in [2.05, 4.69) is 20.7 Å². The molecule has 136 valence electrons. The Kier molecular flexibility index (Phi) is 6.44. The minimum absolute atomic E-state index is 0. The number of rotatable bonds is 4. The van der Waals surface area contributed by atoms with Gasteiger partial charge in [-0.2, -0.15) is 10.1 Å². The van der Waals surface area contributed by atoms with Crippen molar-refractivity contribution in [2.24, 2.45) is 7.05 Å². The summed E-state index contributed by atoms with van der Waals surface area (Å²) in [5.41, 5.74) is -0.0183. The molecule has 1 fully saturated rings. The number of halogens is 3. The summed E-state index contributed by atoms with van der Waals surface area (Å²) < 4.78 is 27.0. The lowest BCUT2D eigenvalue weighted by Crippen LogP contribution is -2.27. The van der Waals surface area contributed by atoms with Crippen molar-refractivity contribution in [1.82, 2.24) is 20.1 Å². The van der Waals surface area contributed by atoms with Gasteiger partial charge in [0.15, 0.2) is 5.82 Å². The molecule has 1 aromatic heterocycles. The van der Waals surface area contributed by atoms with E-state index in [0.717, 1.165) is 25.9 Å². The number of piperidine rings is 1. The largest absolute Gasteiger partial charge is 0.317 e. The molecule has 0 spiro atoms. The molecule has 0 saturated carbocycles. The summed E-state index contributed by atoms with van der Waals surface area (Å²) in [4.78, 5) is 16.7. The van der Waals surface area contributed by atoms with E-state index in [4.69, 9.17) is 0 Å². The highest BCUT2D eigenvalue weighted by Crippen LogP contribution is 2.24. The molecule has 1 saturated heterocycles. The maximum Gasteiger partial charge on any atom is 0.263 e. The lowest BCUT2D eigenvalue weighted by Gasteiger charge is -2.19. The van der Waals surface area contributed by atoms with E-state index in [1.165, 1.54) is 28.9 Å². The number of carbonyl (C=O) groups is 1. The van der Waals surface area contributed by atoms with Gasteiger partial charge in [0.2, 0.25) is 5.95 Å². The summed E-state index contributed by atoms with van der Waals surface area (Å²) >= 11 is 0. The number of nitrogens with one attached hydrogen (secondary N) is 2. The van der Waals surface area contributed by atoms with E-state index in [1.807, 2.05) is 0 Å². The maximum absolute atomic E-state index is 12.7. The van der Waals surface area contributed by atoms with Crippen LogP contribution in [0.15, 0.2) is 24.3 Å². The number of carbonyl (C=O) groups excluding carboxylic acids is 1. The van der Waals surface area contributed by atoms with Crippen LogP contribution < -0.4 is 10.6 Å². The van der Waals surface area contributed by atoms with E-state index in [9.17, 15) is 13.6 Å². The molecule has 1 aliphatic rings. The number of benzene rings is 1. The van der Waals surface area contributed by atoms with Crippen LogP contribution in [0.2, 0.25) is 0 Å². The van der Waals surface area contributed by atoms with Gasteiger partial charge in [0.25, 0.3) is 12.3 Å². The van der Waals surface area contributed by atoms with Crippen molar-refractivity contribution in [2.75, 3.05) is 18.4 Å². The first-order valence-corrected chi connectivity index (χ1v) is 7.85. The number of nitrogens with zero attached hydrogens (tertiary/aromatic N) is 3. The van der Waals surface area contributed by atoms with E-state index in [0.29, 0.717) is 11.8 Å². The van der Waals surface area contributed by atoms with Gasteiger partial charge in [0.1, 0.15) is 0 Å². The van der Waals surface area contributed by atoms with Crippen LogP contribution in [0.1, 0.15) is 46.9 Å². The van der Waals surface area contributed by atoms with E-state index in [1.54, 1.807) is 7.05 Å². The third kappa shape index (κ3) is 4.52. The fraction of sp³-hybridized carbons (Fsp3) is 0.438. The lowest BCUT2D eigenvalue weighted by atomic mass is 9.98. The molecule has 2 N–H and O–H groups in total. The Morgan fingerprint density at radius 2 is 2.08 bits per heavy atom. The molecule has 1 aromatic carbocycles. The molecule has 0 bridgehead atoms. The average molecular weight is 372 g/mol. The molecule has 9 heteroatoms. The molecule has 1 aliphatic heterocycles. The first-order chi connectivity index (χ1) is 11.5. The van der Waals surface area contributed by atoms with Gasteiger partial charge in [-0.3, -0.25) is 10.1 Å². The average Bonchev–Trinajstić information content (AvgIpc) is 2.96. The SMILES string of the molecule is Cl.Cn1nc(C2CCNCC2)nc1NC(=O)c1cccc(C(F)F)c1. The number of hydrogen-bond acceptors (Lipinski definition) is 4. The molecular formula is C16H20ClF2N5O. The van der Waals surface area contributed by atoms with Gasteiger partial charge in [0.05, 0.1) is 0 Å². The summed E-state index contributed by atoms with van der Waals surface area (Å²) in [6.07, 6.45) is -0.708. The molecule has 0 atom stereocenters. The molecule has 0 aliphatic carbocycles. The Labute approximate surface area is 150 Å². The number of aryl methyl sites for hydroxylation is 1. The highest BCUT2D eigenvalue weighted by molar-refractivity contribution is 6.03. The fourth-order valence-corrected chi connectivity index (χ4v) is 2.76. The Morgan fingerprint density at radius 3 is 2.76 bits per heavy atom. The summed E-state index contributed by atoms with van der Waals surface area (Å²) in [5, 5.41) is 10.3. The van der Waals surface area contributed by atoms with Crippen LogP contribution in [0.5, 0.6) is 0 Å². The predicted molar refractivity (Wildman–Crippen MR) is 92.4 cm³/mol. The zero-order valence-electron chi connectivity index (χ0n) is 13.7. The van der Waals surface area contributed by atoms with Crippen molar-refractivity contribution >= 4 is 24.3 Å². The van der Waals surface area contributed by atoms with E-state index >= 15 is 0 Å². The molecule has 3 rings (SSSR count). The smallest absolute Gasteiger partial charge is 0.263 e. The number of anilines is 1. The molecule has 0 unspecified atom stereocenters. The van der Waals surface area contributed by atoms with Crippen LogP contribution in [-0.4, -0.2) is 33.8 Å². The second-order valence-corrected chi connectivity index (χ2v) is 5.82. The van der Waals surface area contributed by atoms with Gasteiger partial charge >= 0.3 is 0 Å². The standard InChI is InChI=1S/C16H19F2N5O.ClH/c1-23-16(20-14(22-23)10-5-7-19-8-6-10)21-15(24)12-4-2-3-11(9-12)13(17)18;/h2-4,9-10,13,19H,5-8H2,1H3,(H,20,21,22,24);1H. The molecular weight excluding hydrogens is 352 g/mol. The summed E-state index contributed by atoms with van der Waals surface area (Å²) in [7, 11) is 1.70. The van der Waals surface area contributed by atoms with Crippen LogP contribution in [0.25, 0.3) is 0 Å². The number of amides is 1. The Bertz CT molecular complexity index is 731. The van der Waals surface area contributed by atoms with Gasteiger partial charge in [-0.1, -0.05) is 12.1 Å². The van der Waals surface area contributed by atoms with Crippen LogP contribution >= 0.6 is 12.4 Å². The maximum atomic E-state index is 12.7. The number of aromatic nitrogens is 3. The Hall–Kier alpha value is -2.06. The fourth-order valence-electron chi connectivity index (χ4n) is 2.76. The summed E-state index contributed by atoms with van der Waals surface area (Å²) in [5.74, 6) is 0.807. The normalized spacial score (nSPS) is 15.0. The van der Waals surface area contributed by atoms with Crippen molar-refractivity contribution in [3.8, 4) is 0 Å². The van der Waals surface area contributed by atoms with Gasteiger partial charge in [-0.05, 0) is 38.1 Å². The van der Waals surface area contributed by atoms with Crippen LogP contribution in [0.4, 0.5) is 14.7 Å². The van der Waals surface area contributed by atoms with Crippen molar-refractivity contribution in [1.29, 1.82) is 0 Å². The number of hydrogen-bond donors (Lipinski definition) is 2. The van der Waals surface area contributed by atoms with Gasteiger partial charge in [-0.25, -0.2) is 13.5 Å². The molecule has 1 amide bonds. The summed E-state index contributed by atoms with van der Waals surface area (Å²) in [6, 6.07) is 5.40. The third-order valence-electron chi connectivity index (χ3n) is 4.11. The first-order valence-electron chi connectivity index (χ1n) is 7.85. The molecule has 0 radical (unpaired) electrons. The van der Waals surface area contributed by atoms with Crippen LogP contribution in [0.3, 0.4) is 0 Å². The zero-order valence-corrected chi connectivity index (χ0v) is 14.5. The second-order valence-electron chi connectivity index (χ2n) is 5.82. The predicted octanol–water partition coefficient (Wildman–Crippen LogP) is 2.89. The van der Waals surface area contributed by atoms with Crippen molar-refractivity contribution in [3.63, 3.8) is 0 Å². The molecule has 6 nitrogen and oxygen atoms in total. The van der Waals surface area contributed by atoms with Crippen molar-refractivity contribution < 1.29 is 13.6 Å². The first kappa shape index (κ1) is 19.3. The lowest BCUT2D eigenvalue weighted by molar-refractivity contribution is 0.102. The highest BCUT2D eigenvalue weighted by atomic mass is 35.5. The van der Waals surface area contributed by atoms with Crippen molar-refractivity contribution in [3.05, 3.63) is 41.2 Å². The van der Waals surface area contributed by atoms with Crippen LogP contribution in [-0.2, 0) is 7.05 Å². The monoisotopic (exact) mass is 371 g/mol.